The monoisotopic (exact) mass is 329 g/mol. The fourth-order valence-electron chi connectivity index (χ4n) is 1.81. The van der Waals surface area contributed by atoms with Gasteiger partial charge in [0.05, 0.1) is 12.1 Å². The van der Waals surface area contributed by atoms with Gasteiger partial charge in [-0.2, -0.15) is 5.10 Å². The molecule has 0 atom stereocenters. The van der Waals surface area contributed by atoms with E-state index in [1.807, 2.05) is 0 Å². The van der Waals surface area contributed by atoms with Crippen LogP contribution >= 0.6 is 11.3 Å². The Bertz CT molecular complexity index is 761. The zero-order chi connectivity index (χ0) is 15.6. The van der Waals surface area contributed by atoms with Crippen molar-refractivity contribution in [2.45, 2.75) is 24.1 Å². The molecule has 0 saturated heterocycles. The van der Waals surface area contributed by atoms with E-state index in [0.717, 1.165) is 22.6 Å². The van der Waals surface area contributed by atoms with Crippen LogP contribution in [-0.4, -0.2) is 29.3 Å². The van der Waals surface area contributed by atoms with Crippen molar-refractivity contribution in [3.8, 4) is 0 Å². The summed E-state index contributed by atoms with van der Waals surface area (Å²) in [5.41, 5.74) is 1.56. The molecule has 0 radical (unpaired) electrons. The fourth-order valence-corrected chi connectivity index (χ4v) is 4.21. The Morgan fingerprint density at radius 1 is 1.48 bits per heavy atom. The van der Waals surface area contributed by atoms with Crippen LogP contribution in [0.1, 0.15) is 16.1 Å². The van der Waals surface area contributed by atoms with Gasteiger partial charge < -0.3 is 5.11 Å². The minimum atomic E-state index is -3.64. The third-order valence-electron chi connectivity index (χ3n) is 2.80. The zero-order valence-electron chi connectivity index (χ0n) is 11.5. The second kappa shape index (κ2) is 5.96. The van der Waals surface area contributed by atoms with Crippen LogP contribution < -0.4 is 4.72 Å². The maximum absolute atomic E-state index is 12.1. The van der Waals surface area contributed by atoms with Crippen LogP contribution in [0.25, 0.3) is 0 Å². The smallest absolute Gasteiger partial charge is 0.308 e. The third-order valence-corrected chi connectivity index (χ3v) is 5.77. The Kier molecular flexibility index (Phi) is 4.45. The average Bonchev–Trinajstić information content (AvgIpc) is 2.93. The summed E-state index contributed by atoms with van der Waals surface area (Å²) in [4.78, 5) is 11.1. The van der Waals surface area contributed by atoms with E-state index in [9.17, 15) is 13.2 Å². The SMILES string of the molecule is Cc1nn(C)cc1CNS(=O)(=O)c1ccc(CC(=O)O)s1. The second-order valence-electron chi connectivity index (χ2n) is 4.53. The average molecular weight is 329 g/mol. The highest BCUT2D eigenvalue weighted by atomic mass is 32.2. The predicted octanol–water partition coefficient (Wildman–Crippen LogP) is 0.896. The van der Waals surface area contributed by atoms with Crippen LogP contribution in [0.4, 0.5) is 0 Å². The van der Waals surface area contributed by atoms with Crippen LogP contribution in [0.5, 0.6) is 0 Å². The van der Waals surface area contributed by atoms with Crippen LogP contribution in [0.3, 0.4) is 0 Å². The quantitative estimate of drug-likeness (QED) is 0.820. The molecular weight excluding hydrogens is 314 g/mol. The number of hydrogen-bond donors (Lipinski definition) is 2. The number of aliphatic carboxylic acids is 1. The molecule has 0 amide bonds. The molecule has 9 heteroatoms. The molecule has 0 aliphatic rings. The lowest BCUT2D eigenvalue weighted by Crippen LogP contribution is -2.22. The predicted molar refractivity (Wildman–Crippen MR) is 77.6 cm³/mol. The summed E-state index contributed by atoms with van der Waals surface area (Å²) in [6.07, 6.45) is 1.57. The first-order valence-electron chi connectivity index (χ1n) is 6.07. The molecule has 2 aromatic heterocycles. The number of hydrogen-bond acceptors (Lipinski definition) is 5. The molecule has 114 valence electrons. The summed E-state index contributed by atoms with van der Waals surface area (Å²) in [5.74, 6) is -0.986. The van der Waals surface area contributed by atoms with E-state index in [1.54, 1.807) is 24.9 Å². The molecule has 2 N–H and O–H groups in total. The number of nitrogens with one attached hydrogen (secondary N) is 1. The Balaban J connectivity index is 2.09. The second-order valence-corrected chi connectivity index (χ2v) is 7.69. The maximum Gasteiger partial charge on any atom is 0.308 e. The molecule has 0 bridgehead atoms. The van der Waals surface area contributed by atoms with Gasteiger partial charge in [-0.25, -0.2) is 13.1 Å². The van der Waals surface area contributed by atoms with E-state index in [4.69, 9.17) is 5.11 Å². The van der Waals surface area contributed by atoms with Gasteiger partial charge in [-0.3, -0.25) is 9.48 Å². The van der Waals surface area contributed by atoms with Gasteiger partial charge in [-0.05, 0) is 19.1 Å². The molecule has 0 saturated carbocycles. The number of carboxylic acids is 1. The molecule has 0 aliphatic carbocycles. The molecule has 21 heavy (non-hydrogen) atoms. The Hall–Kier alpha value is -1.71. The Labute approximate surface area is 126 Å². The number of aryl methyl sites for hydroxylation is 2. The molecule has 2 heterocycles. The van der Waals surface area contributed by atoms with Crippen molar-refractivity contribution >= 4 is 27.3 Å². The van der Waals surface area contributed by atoms with Crippen molar-refractivity contribution in [2.24, 2.45) is 7.05 Å². The topological polar surface area (TPSA) is 101 Å². The summed E-state index contributed by atoms with van der Waals surface area (Å²) in [5, 5.41) is 12.8. The fraction of sp³-hybridized carbons (Fsp3) is 0.333. The number of carbonyl (C=O) groups is 1. The lowest BCUT2D eigenvalue weighted by molar-refractivity contribution is -0.136. The van der Waals surface area contributed by atoms with Crippen LogP contribution in [0.2, 0.25) is 0 Å². The minimum Gasteiger partial charge on any atom is -0.481 e. The van der Waals surface area contributed by atoms with Gasteiger partial charge in [0.2, 0.25) is 10.0 Å². The summed E-state index contributed by atoms with van der Waals surface area (Å²) in [6.45, 7) is 1.95. The molecule has 2 aromatic rings. The van der Waals surface area contributed by atoms with E-state index in [-0.39, 0.29) is 17.2 Å². The number of aromatic nitrogens is 2. The standard InChI is InChI=1S/C12H15N3O4S2/c1-8-9(7-15(2)14-8)6-13-21(18,19)12-4-3-10(20-12)5-11(16)17/h3-4,7,13H,5-6H2,1-2H3,(H,16,17). The lowest BCUT2D eigenvalue weighted by Gasteiger charge is -2.03. The van der Waals surface area contributed by atoms with Crippen molar-refractivity contribution in [1.29, 1.82) is 0 Å². The van der Waals surface area contributed by atoms with E-state index in [1.165, 1.54) is 12.1 Å². The van der Waals surface area contributed by atoms with Gasteiger partial charge in [0, 0.05) is 30.2 Å². The zero-order valence-corrected chi connectivity index (χ0v) is 13.2. The Morgan fingerprint density at radius 2 is 2.19 bits per heavy atom. The molecule has 0 fully saturated rings. The van der Waals surface area contributed by atoms with Crippen molar-refractivity contribution in [1.82, 2.24) is 14.5 Å². The molecule has 0 aromatic carbocycles. The first kappa shape index (κ1) is 15.7. The summed E-state index contributed by atoms with van der Waals surface area (Å²) < 4.78 is 28.5. The maximum atomic E-state index is 12.1. The van der Waals surface area contributed by atoms with Crippen LogP contribution in [0, 0.1) is 6.92 Å². The highest BCUT2D eigenvalue weighted by Crippen LogP contribution is 2.22. The van der Waals surface area contributed by atoms with E-state index < -0.39 is 16.0 Å². The molecule has 7 nitrogen and oxygen atoms in total. The number of sulfonamides is 1. The van der Waals surface area contributed by atoms with Gasteiger partial charge in [0.15, 0.2) is 0 Å². The number of rotatable bonds is 6. The summed E-state index contributed by atoms with van der Waals surface area (Å²) >= 11 is 0.961. The number of thiophene rings is 1. The van der Waals surface area contributed by atoms with Gasteiger partial charge in [0.1, 0.15) is 4.21 Å². The minimum absolute atomic E-state index is 0.111. The number of nitrogens with zero attached hydrogens (tertiary/aromatic N) is 2. The molecular formula is C12H15N3O4S2. The normalized spacial score (nSPS) is 11.7. The number of carboxylic acid groups (broad SMARTS) is 1. The molecule has 0 aliphatic heterocycles. The Morgan fingerprint density at radius 3 is 2.76 bits per heavy atom. The first-order chi connectivity index (χ1) is 9.78. The molecule has 0 spiro atoms. The highest BCUT2D eigenvalue weighted by Gasteiger charge is 2.18. The third kappa shape index (κ3) is 3.90. The summed E-state index contributed by atoms with van der Waals surface area (Å²) in [7, 11) is -1.88. The van der Waals surface area contributed by atoms with E-state index >= 15 is 0 Å². The van der Waals surface area contributed by atoms with E-state index in [0.29, 0.717) is 4.88 Å². The first-order valence-corrected chi connectivity index (χ1v) is 8.37. The van der Waals surface area contributed by atoms with Crippen LogP contribution in [0.15, 0.2) is 22.5 Å². The van der Waals surface area contributed by atoms with Crippen LogP contribution in [-0.2, 0) is 34.8 Å². The van der Waals surface area contributed by atoms with E-state index in [2.05, 4.69) is 9.82 Å². The van der Waals surface area contributed by atoms with Gasteiger partial charge in [-0.1, -0.05) is 0 Å². The van der Waals surface area contributed by atoms with Gasteiger partial charge in [-0.15, -0.1) is 11.3 Å². The highest BCUT2D eigenvalue weighted by molar-refractivity contribution is 7.91. The molecule has 2 rings (SSSR count). The van der Waals surface area contributed by atoms with Crippen molar-refractivity contribution < 1.29 is 18.3 Å². The molecule has 0 unspecified atom stereocenters. The van der Waals surface area contributed by atoms with Gasteiger partial charge >= 0.3 is 5.97 Å². The lowest BCUT2D eigenvalue weighted by atomic mass is 10.3. The van der Waals surface area contributed by atoms with Crippen molar-refractivity contribution in [3.63, 3.8) is 0 Å². The van der Waals surface area contributed by atoms with Crippen molar-refractivity contribution in [2.75, 3.05) is 0 Å². The van der Waals surface area contributed by atoms with Gasteiger partial charge in [0.25, 0.3) is 0 Å². The largest absolute Gasteiger partial charge is 0.481 e. The van der Waals surface area contributed by atoms with Crippen molar-refractivity contribution in [3.05, 3.63) is 34.5 Å². The summed E-state index contributed by atoms with van der Waals surface area (Å²) in [6, 6.07) is 2.93.